The lowest BCUT2D eigenvalue weighted by atomic mass is 9.92. The maximum absolute atomic E-state index is 5.89. The Hall–Kier alpha value is -0.730. The molecule has 1 saturated carbocycles. The highest BCUT2D eigenvalue weighted by molar-refractivity contribution is 6.33. The van der Waals surface area contributed by atoms with Crippen LogP contribution in [0, 0.1) is 11.3 Å². The molecule has 0 heterocycles. The molecule has 0 unspecified atom stereocenters. The number of nitrogens with two attached hydrogens (primary N) is 1. The van der Waals surface area contributed by atoms with E-state index in [9.17, 15) is 0 Å². The van der Waals surface area contributed by atoms with Gasteiger partial charge in [-0.1, -0.05) is 31.5 Å². The number of nitrogen functional groups attached to an aromatic ring is 1. The summed E-state index contributed by atoms with van der Waals surface area (Å²) in [5, 5.41) is 4.17. The van der Waals surface area contributed by atoms with E-state index in [-0.39, 0.29) is 0 Å². The first kappa shape index (κ1) is 12.7. The summed E-state index contributed by atoms with van der Waals surface area (Å²) in [6, 6.07) is 5.84. The number of hydrogen-bond donors (Lipinski definition) is 2. The molecule has 3 N–H and O–H groups in total. The summed E-state index contributed by atoms with van der Waals surface area (Å²) in [7, 11) is 0. The van der Waals surface area contributed by atoms with Crippen LogP contribution in [0.4, 0.5) is 5.69 Å². The molecule has 0 aromatic heterocycles. The predicted molar refractivity (Wildman–Crippen MR) is 74.1 cm³/mol. The fourth-order valence-corrected chi connectivity index (χ4v) is 2.40. The van der Waals surface area contributed by atoms with Crippen LogP contribution in [0.1, 0.15) is 32.3 Å². The van der Waals surface area contributed by atoms with Gasteiger partial charge in [-0.2, -0.15) is 0 Å². The lowest BCUT2D eigenvalue weighted by molar-refractivity contribution is 0.338. The third-order valence-corrected chi connectivity index (χ3v) is 4.33. The first-order valence-corrected chi connectivity index (χ1v) is 6.66. The average Bonchev–Trinajstić information content (AvgIpc) is 3.04. The molecule has 1 aromatic carbocycles. The molecule has 0 radical (unpaired) electrons. The molecule has 0 spiro atoms. The zero-order valence-corrected chi connectivity index (χ0v) is 11.3. The molecule has 0 aliphatic heterocycles. The van der Waals surface area contributed by atoms with Crippen LogP contribution in [0.25, 0.3) is 0 Å². The van der Waals surface area contributed by atoms with Gasteiger partial charge in [0.05, 0.1) is 10.7 Å². The Balaban J connectivity index is 1.84. The van der Waals surface area contributed by atoms with Gasteiger partial charge < -0.3 is 11.1 Å². The van der Waals surface area contributed by atoms with E-state index in [2.05, 4.69) is 19.2 Å². The summed E-state index contributed by atoms with van der Waals surface area (Å²) < 4.78 is 0. The molecule has 1 aliphatic carbocycles. The molecule has 0 saturated heterocycles. The van der Waals surface area contributed by atoms with Crippen LogP contribution in [0.15, 0.2) is 18.2 Å². The van der Waals surface area contributed by atoms with Crippen LogP contribution in [-0.2, 0) is 6.54 Å². The Morgan fingerprint density at radius 2 is 2.12 bits per heavy atom. The van der Waals surface area contributed by atoms with Crippen molar-refractivity contribution in [3.63, 3.8) is 0 Å². The molecule has 0 atom stereocenters. The van der Waals surface area contributed by atoms with E-state index in [0.717, 1.165) is 19.0 Å². The number of anilines is 1. The van der Waals surface area contributed by atoms with Gasteiger partial charge in [-0.15, -0.1) is 0 Å². The van der Waals surface area contributed by atoms with E-state index in [1.807, 2.05) is 18.2 Å². The van der Waals surface area contributed by atoms with Crippen molar-refractivity contribution in [2.24, 2.45) is 11.3 Å². The summed E-state index contributed by atoms with van der Waals surface area (Å²) in [5.41, 5.74) is 8.20. The minimum Gasteiger partial charge on any atom is -0.398 e. The average molecular weight is 253 g/mol. The molecule has 94 valence electrons. The van der Waals surface area contributed by atoms with E-state index in [0.29, 0.717) is 16.1 Å². The van der Waals surface area contributed by atoms with Gasteiger partial charge in [0.15, 0.2) is 0 Å². The topological polar surface area (TPSA) is 38.0 Å². The van der Waals surface area contributed by atoms with Crippen LogP contribution in [0.5, 0.6) is 0 Å². The second kappa shape index (κ2) is 4.87. The lowest BCUT2D eigenvalue weighted by Crippen LogP contribution is -2.27. The zero-order chi connectivity index (χ0) is 12.5. The van der Waals surface area contributed by atoms with Gasteiger partial charge in [0.2, 0.25) is 0 Å². The number of nitrogens with one attached hydrogen (secondary N) is 1. The molecule has 1 aliphatic rings. The van der Waals surface area contributed by atoms with Gasteiger partial charge in [-0.25, -0.2) is 0 Å². The molecular formula is C14H21ClN2. The molecule has 0 amide bonds. The molecule has 17 heavy (non-hydrogen) atoms. The summed E-state index contributed by atoms with van der Waals surface area (Å²) >= 11 is 5.89. The Bertz CT molecular complexity index is 397. The quantitative estimate of drug-likeness (QED) is 0.788. The number of benzene rings is 1. The van der Waals surface area contributed by atoms with Crippen molar-refractivity contribution in [1.82, 2.24) is 5.32 Å². The van der Waals surface area contributed by atoms with E-state index in [1.165, 1.54) is 18.4 Å². The molecule has 2 nitrogen and oxygen atoms in total. The second-order valence-electron chi connectivity index (χ2n) is 5.48. The van der Waals surface area contributed by atoms with Gasteiger partial charge in [0.25, 0.3) is 0 Å². The van der Waals surface area contributed by atoms with Crippen LogP contribution < -0.4 is 11.1 Å². The summed E-state index contributed by atoms with van der Waals surface area (Å²) in [6.45, 7) is 6.60. The SMILES string of the molecule is CC(C)C1(CNCc2ccc(Cl)c(N)c2)CC1. The van der Waals surface area contributed by atoms with Crippen molar-refractivity contribution < 1.29 is 0 Å². The molecule has 1 fully saturated rings. The van der Waals surface area contributed by atoms with Crippen LogP contribution in [0.2, 0.25) is 5.02 Å². The fraction of sp³-hybridized carbons (Fsp3) is 0.571. The van der Waals surface area contributed by atoms with E-state index in [4.69, 9.17) is 17.3 Å². The molecule has 0 bridgehead atoms. The first-order valence-electron chi connectivity index (χ1n) is 6.28. The summed E-state index contributed by atoms with van der Waals surface area (Å²) in [6.07, 6.45) is 2.72. The predicted octanol–water partition coefficient (Wildman–Crippen LogP) is 3.45. The summed E-state index contributed by atoms with van der Waals surface area (Å²) in [4.78, 5) is 0. The van der Waals surface area contributed by atoms with Crippen molar-refractivity contribution >= 4 is 17.3 Å². The van der Waals surface area contributed by atoms with Gasteiger partial charge in [-0.05, 0) is 41.9 Å². The highest BCUT2D eigenvalue weighted by Crippen LogP contribution is 2.51. The monoisotopic (exact) mass is 252 g/mol. The smallest absolute Gasteiger partial charge is 0.0635 e. The maximum Gasteiger partial charge on any atom is 0.0635 e. The van der Waals surface area contributed by atoms with Crippen LogP contribution in [0.3, 0.4) is 0 Å². The van der Waals surface area contributed by atoms with Gasteiger partial charge in [-0.3, -0.25) is 0 Å². The van der Waals surface area contributed by atoms with Crippen molar-refractivity contribution in [3.05, 3.63) is 28.8 Å². The van der Waals surface area contributed by atoms with Crippen LogP contribution in [-0.4, -0.2) is 6.54 Å². The molecule has 1 aromatic rings. The Labute approximate surface area is 109 Å². The first-order chi connectivity index (χ1) is 8.03. The van der Waals surface area contributed by atoms with Gasteiger partial charge in [0, 0.05) is 13.1 Å². The fourth-order valence-electron chi connectivity index (χ4n) is 2.28. The second-order valence-corrected chi connectivity index (χ2v) is 5.88. The summed E-state index contributed by atoms with van der Waals surface area (Å²) in [5.74, 6) is 0.769. The largest absolute Gasteiger partial charge is 0.398 e. The Morgan fingerprint density at radius 1 is 1.41 bits per heavy atom. The van der Waals surface area contributed by atoms with E-state index in [1.54, 1.807) is 0 Å². The van der Waals surface area contributed by atoms with Crippen LogP contribution >= 0.6 is 11.6 Å². The number of hydrogen-bond acceptors (Lipinski definition) is 2. The number of halogens is 1. The Morgan fingerprint density at radius 3 is 2.65 bits per heavy atom. The maximum atomic E-state index is 5.89. The van der Waals surface area contributed by atoms with Crippen molar-refractivity contribution in [1.29, 1.82) is 0 Å². The number of rotatable bonds is 5. The van der Waals surface area contributed by atoms with Crippen molar-refractivity contribution in [2.75, 3.05) is 12.3 Å². The normalized spacial score (nSPS) is 17.4. The molecular weight excluding hydrogens is 232 g/mol. The van der Waals surface area contributed by atoms with E-state index >= 15 is 0 Å². The third-order valence-electron chi connectivity index (χ3n) is 3.98. The standard InChI is InChI=1S/C14H21ClN2/c1-10(2)14(5-6-14)9-17-8-11-3-4-12(15)13(16)7-11/h3-4,7,10,17H,5-6,8-9,16H2,1-2H3. The van der Waals surface area contributed by atoms with Gasteiger partial charge >= 0.3 is 0 Å². The lowest BCUT2D eigenvalue weighted by Gasteiger charge is -2.20. The minimum absolute atomic E-state index is 0.554. The van der Waals surface area contributed by atoms with E-state index < -0.39 is 0 Å². The third kappa shape index (κ3) is 2.93. The Kier molecular flexibility index (Phi) is 3.64. The minimum atomic E-state index is 0.554. The highest BCUT2D eigenvalue weighted by atomic mass is 35.5. The highest BCUT2D eigenvalue weighted by Gasteiger charge is 2.44. The van der Waals surface area contributed by atoms with Crippen molar-refractivity contribution in [2.45, 2.75) is 33.2 Å². The molecule has 3 heteroatoms. The molecule has 2 rings (SSSR count). The van der Waals surface area contributed by atoms with Crippen molar-refractivity contribution in [3.8, 4) is 0 Å². The zero-order valence-electron chi connectivity index (χ0n) is 10.6. The van der Waals surface area contributed by atoms with Gasteiger partial charge in [0.1, 0.15) is 0 Å².